The van der Waals surface area contributed by atoms with E-state index >= 15 is 0 Å². The zero-order chi connectivity index (χ0) is 13.4. The Morgan fingerprint density at radius 3 is 2.28 bits per heavy atom. The molecule has 0 radical (unpaired) electrons. The molecule has 0 N–H and O–H groups in total. The van der Waals surface area contributed by atoms with Crippen LogP contribution in [0.5, 0.6) is 0 Å². The molecular formula is C16H19NO. The van der Waals surface area contributed by atoms with Gasteiger partial charge in [-0.1, -0.05) is 38.1 Å². The molecule has 2 aromatic rings. The molecular weight excluding hydrogens is 222 g/mol. The third-order valence-corrected chi connectivity index (χ3v) is 2.61. The van der Waals surface area contributed by atoms with Gasteiger partial charge in [0.2, 0.25) is 0 Å². The van der Waals surface area contributed by atoms with Crippen LogP contribution >= 0.6 is 0 Å². The Morgan fingerprint density at radius 1 is 1.06 bits per heavy atom. The second-order valence-electron chi connectivity index (χ2n) is 3.76. The fourth-order valence-corrected chi connectivity index (χ4v) is 1.62. The predicted molar refractivity (Wildman–Crippen MR) is 74.8 cm³/mol. The fourth-order valence-electron chi connectivity index (χ4n) is 1.62. The first-order valence-electron chi connectivity index (χ1n) is 6.25. The van der Waals surface area contributed by atoms with Gasteiger partial charge in [-0.3, -0.25) is 9.78 Å². The third-order valence-electron chi connectivity index (χ3n) is 2.61. The molecule has 2 heteroatoms. The molecule has 0 bridgehead atoms. The van der Waals surface area contributed by atoms with Crippen molar-refractivity contribution >= 4 is 5.78 Å². The number of nitrogens with zero attached hydrogens (tertiary/aromatic N) is 1. The van der Waals surface area contributed by atoms with Gasteiger partial charge in [0.25, 0.3) is 0 Å². The number of Topliss-reactive ketones (excluding diaryl/α,β-unsaturated/α-hetero) is 1. The Kier molecular flexibility index (Phi) is 5.78. The molecule has 18 heavy (non-hydrogen) atoms. The first-order valence-corrected chi connectivity index (χ1v) is 6.25. The third kappa shape index (κ3) is 3.81. The van der Waals surface area contributed by atoms with E-state index in [0.29, 0.717) is 6.42 Å². The molecule has 0 spiro atoms. The number of ketones is 1. The van der Waals surface area contributed by atoms with E-state index in [9.17, 15) is 4.79 Å². The number of pyridine rings is 1. The molecule has 0 aliphatic heterocycles. The highest BCUT2D eigenvalue weighted by atomic mass is 16.1. The highest BCUT2D eigenvalue weighted by molar-refractivity contribution is 5.97. The van der Waals surface area contributed by atoms with E-state index in [1.807, 2.05) is 45.0 Å². The minimum atomic E-state index is 0.136. The van der Waals surface area contributed by atoms with E-state index in [1.165, 1.54) is 0 Å². The van der Waals surface area contributed by atoms with Gasteiger partial charge in [-0.05, 0) is 30.2 Å². The quantitative estimate of drug-likeness (QED) is 0.764. The average molecular weight is 241 g/mol. The van der Waals surface area contributed by atoms with E-state index in [0.717, 1.165) is 16.7 Å². The van der Waals surface area contributed by atoms with Gasteiger partial charge in [0.1, 0.15) is 0 Å². The van der Waals surface area contributed by atoms with Gasteiger partial charge < -0.3 is 0 Å². The van der Waals surface area contributed by atoms with E-state index in [-0.39, 0.29) is 5.78 Å². The first kappa shape index (κ1) is 14.1. The Balaban J connectivity index is 0.000000771. The molecule has 0 saturated heterocycles. The molecule has 0 saturated carbocycles. The van der Waals surface area contributed by atoms with E-state index in [2.05, 4.69) is 4.98 Å². The van der Waals surface area contributed by atoms with E-state index < -0.39 is 0 Å². The minimum absolute atomic E-state index is 0.136. The maximum Gasteiger partial charge on any atom is 0.167 e. The van der Waals surface area contributed by atoms with Crippen molar-refractivity contribution in [1.82, 2.24) is 4.98 Å². The summed E-state index contributed by atoms with van der Waals surface area (Å²) in [5.41, 5.74) is 2.97. The second-order valence-corrected chi connectivity index (χ2v) is 3.76. The smallest absolute Gasteiger partial charge is 0.167 e. The van der Waals surface area contributed by atoms with Gasteiger partial charge in [0.05, 0.1) is 0 Å². The van der Waals surface area contributed by atoms with E-state index in [1.54, 1.807) is 24.5 Å². The van der Waals surface area contributed by atoms with Crippen LogP contribution in [0.25, 0.3) is 0 Å². The minimum Gasteiger partial charge on any atom is -0.294 e. The van der Waals surface area contributed by atoms with Crippen molar-refractivity contribution in [1.29, 1.82) is 0 Å². The Bertz CT molecular complexity index is 491. The van der Waals surface area contributed by atoms with Crippen LogP contribution in [0.15, 0.2) is 48.8 Å². The lowest BCUT2D eigenvalue weighted by Gasteiger charge is -2.04. The fraction of sp³-hybridized carbons (Fsp3) is 0.250. The van der Waals surface area contributed by atoms with Crippen molar-refractivity contribution in [3.05, 3.63) is 65.5 Å². The zero-order valence-corrected chi connectivity index (χ0v) is 11.2. The van der Waals surface area contributed by atoms with Gasteiger partial charge in [-0.2, -0.15) is 0 Å². The van der Waals surface area contributed by atoms with Gasteiger partial charge >= 0.3 is 0 Å². The number of carbonyl (C=O) groups excluding carboxylic acids is 1. The molecule has 2 rings (SSSR count). The number of hydrogen-bond donors (Lipinski definition) is 0. The van der Waals surface area contributed by atoms with Gasteiger partial charge in [0, 0.05) is 24.4 Å². The van der Waals surface area contributed by atoms with Crippen LogP contribution in [0, 0.1) is 6.92 Å². The van der Waals surface area contributed by atoms with Gasteiger partial charge in [-0.25, -0.2) is 0 Å². The molecule has 0 unspecified atom stereocenters. The normalized spacial score (nSPS) is 9.28. The SMILES string of the molecule is CC.Cc1ccccc1CC(=O)c1ccncc1. The first-order chi connectivity index (χ1) is 8.77. The van der Waals surface area contributed by atoms with Gasteiger partial charge in [-0.15, -0.1) is 0 Å². The largest absolute Gasteiger partial charge is 0.294 e. The molecule has 2 nitrogen and oxygen atoms in total. The van der Waals surface area contributed by atoms with Crippen LogP contribution in [0.1, 0.15) is 35.3 Å². The second kappa shape index (κ2) is 7.38. The van der Waals surface area contributed by atoms with Crippen molar-refractivity contribution in [2.75, 3.05) is 0 Å². The summed E-state index contributed by atoms with van der Waals surface area (Å²) in [6, 6.07) is 11.5. The summed E-state index contributed by atoms with van der Waals surface area (Å²) < 4.78 is 0. The molecule has 0 amide bonds. The van der Waals surface area contributed by atoms with Crippen LogP contribution in [0.4, 0.5) is 0 Å². The Morgan fingerprint density at radius 2 is 1.67 bits per heavy atom. The average Bonchev–Trinajstić information content (AvgIpc) is 2.44. The lowest BCUT2D eigenvalue weighted by atomic mass is 10.0. The summed E-state index contributed by atoms with van der Waals surface area (Å²) in [5, 5.41) is 0. The zero-order valence-electron chi connectivity index (χ0n) is 11.2. The summed E-state index contributed by atoms with van der Waals surface area (Å²) in [5.74, 6) is 0.136. The molecule has 0 atom stereocenters. The number of aryl methyl sites for hydroxylation is 1. The number of aromatic nitrogens is 1. The lowest BCUT2D eigenvalue weighted by molar-refractivity contribution is 0.0992. The lowest BCUT2D eigenvalue weighted by Crippen LogP contribution is -2.04. The van der Waals surface area contributed by atoms with Crippen LogP contribution in [-0.2, 0) is 6.42 Å². The van der Waals surface area contributed by atoms with Gasteiger partial charge in [0.15, 0.2) is 5.78 Å². The van der Waals surface area contributed by atoms with Crippen molar-refractivity contribution in [2.24, 2.45) is 0 Å². The number of benzene rings is 1. The summed E-state index contributed by atoms with van der Waals surface area (Å²) >= 11 is 0. The predicted octanol–water partition coefficient (Wildman–Crippen LogP) is 3.84. The van der Waals surface area contributed by atoms with Crippen molar-refractivity contribution in [2.45, 2.75) is 27.2 Å². The maximum atomic E-state index is 11.9. The molecule has 1 heterocycles. The van der Waals surface area contributed by atoms with Crippen molar-refractivity contribution in [3.8, 4) is 0 Å². The highest BCUT2D eigenvalue weighted by Crippen LogP contribution is 2.11. The molecule has 1 aromatic heterocycles. The Labute approximate surface area is 109 Å². The summed E-state index contributed by atoms with van der Waals surface area (Å²) in [6.07, 6.45) is 3.74. The van der Waals surface area contributed by atoms with Crippen molar-refractivity contribution in [3.63, 3.8) is 0 Å². The van der Waals surface area contributed by atoms with Crippen LogP contribution in [0.2, 0.25) is 0 Å². The van der Waals surface area contributed by atoms with E-state index in [4.69, 9.17) is 0 Å². The van der Waals surface area contributed by atoms with Crippen LogP contribution in [0.3, 0.4) is 0 Å². The summed E-state index contributed by atoms with van der Waals surface area (Å²) in [6.45, 7) is 6.02. The maximum absolute atomic E-state index is 11.9. The molecule has 1 aromatic carbocycles. The molecule has 0 aliphatic rings. The monoisotopic (exact) mass is 241 g/mol. The molecule has 0 aliphatic carbocycles. The molecule has 94 valence electrons. The summed E-state index contributed by atoms with van der Waals surface area (Å²) in [7, 11) is 0. The summed E-state index contributed by atoms with van der Waals surface area (Å²) in [4.78, 5) is 15.8. The highest BCUT2D eigenvalue weighted by Gasteiger charge is 2.07. The number of carbonyl (C=O) groups is 1. The topological polar surface area (TPSA) is 30.0 Å². The van der Waals surface area contributed by atoms with Crippen molar-refractivity contribution < 1.29 is 4.79 Å². The van der Waals surface area contributed by atoms with Crippen LogP contribution in [-0.4, -0.2) is 10.8 Å². The number of hydrogen-bond acceptors (Lipinski definition) is 2. The van der Waals surface area contributed by atoms with Crippen LogP contribution < -0.4 is 0 Å². The number of rotatable bonds is 3. The molecule has 0 fully saturated rings. The standard InChI is InChI=1S/C14H13NO.C2H6/c1-11-4-2-3-5-13(11)10-14(16)12-6-8-15-9-7-12;1-2/h2-9H,10H2,1H3;1-2H3. The Hall–Kier alpha value is -1.96.